The van der Waals surface area contributed by atoms with Crippen LogP contribution in [0.15, 0.2) is 40.9 Å². The number of aryl methyl sites for hydroxylation is 2. The molecular formula is C29H36ClN3O6. The summed E-state index contributed by atoms with van der Waals surface area (Å²) >= 11 is 5.87. The molecule has 0 fully saturated rings. The summed E-state index contributed by atoms with van der Waals surface area (Å²) in [5.41, 5.74) is 2.71. The zero-order chi connectivity index (χ0) is 28.6. The van der Waals surface area contributed by atoms with Crippen LogP contribution in [0, 0.1) is 6.92 Å². The molecule has 0 unspecified atom stereocenters. The van der Waals surface area contributed by atoms with Gasteiger partial charge >= 0.3 is 12.1 Å². The number of pyridine rings is 1. The van der Waals surface area contributed by atoms with Gasteiger partial charge in [0.1, 0.15) is 22.3 Å². The first-order valence-corrected chi connectivity index (χ1v) is 13.3. The molecule has 3 rings (SSSR count). The number of amides is 1. The maximum absolute atomic E-state index is 12.2. The van der Waals surface area contributed by atoms with Crippen molar-refractivity contribution in [1.29, 1.82) is 0 Å². The summed E-state index contributed by atoms with van der Waals surface area (Å²) < 4.78 is 22.4. The Hall–Kier alpha value is -3.59. The van der Waals surface area contributed by atoms with Crippen LogP contribution in [0.3, 0.4) is 0 Å². The molecule has 0 aliphatic rings. The van der Waals surface area contributed by atoms with Crippen molar-refractivity contribution >= 4 is 23.7 Å². The Bertz CT molecular complexity index is 1270. The van der Waals surface area contributed by atoms with E-state index in [4.69, 9.17) is 30.2 Å². The molecule has 0 atom stereocenters. The fourth-order valence-corrected chi connectivity index (χ4v) is 3.82. The van der Waals surface area contributed by atoms with Crippen LogP contribution in [0.4, 0.5) is 4.79 Å². The Morgan fingerprint density at radius 3 is 2.54 bits per heavy atom. The molecule has 0 aliphatic carbocycles. The minimum absolute atomic E-state index is 0.220. The number of hydrogen-bond donors (Lipinski definition) is 1. The SMILES string of the molecule is Cc1oc(-c2ccc(Cl)nc2)nc1CCOc1ccc(CCC(=O)OC(C)(C)C)c(CNC(=O)OC(C)C)c1. The van der Waals surface area contributed by atoms with Crippen LogP contribution >= 0.6 is 11.6 Å². The Balaban J connectivity index is 1.65. The van der Waals surface area contributed by atoms with Gasteiger partial charge in [0.25, 0.3) is 0 Å². The van der Waals surface area contributed by atoms with Crippen molar-refractivity contribution in [3.63, 3.8) is 0 Å². The number of alkyl carbamates (subject to hydrolysis) is 1. The number of benzene rings is 1. The monoisotopic (exact) mass is 557 g/mol. The van der Waals surface area contributed by atoms with Gasteiger partial charge in [0, 0.05) is 25.6 Å². The van der Waals surface area contributed by atoms with Crippen molar-refractivity contribution < 1.29 is 28.2 Å². The van der Waals surface area contributed by atoms with E-state index in [2.05, 4.69) is 15.3 Å². The molecule has 9 nitrogen and oxygen atoms in total. The number of carbonyl (C=O) groups is 2. The first-order valence-electron chi connectivity index (χ1n) is 12.9. The zero-order valence-electron chi connectivity index (χ0n) is 23.3. The third kappa shape index (κ3) is 9.90. The van der Waals surface area contributed by atoms with Crippen LogP contribution in [0.25, 0.3) is 11.5 Å². The molecule has 0 saturated heterocycles. The Morgan fingerprint density at radius 1 is 1.10 bits per heavy atom. The van der Waals surface area contributed by atoms with E-state index in [0.29, 0.717) is 42.0 Å². The van der Waals surface area contributed by atoms with Crippen LogP contribution in [-0.2, 0) is 33.7 Å². The summed E-state index contributed by atoms with van der Waals surface area (Å²) in [6.07, 6.45) is 2.09. The van der Waals surface area contributed by atoms with Crippen molar-refractivity contribution in [2.75, 3.05) is 6.61 Å². The lowest BCUT2D eigenvalue weighted by atomic mass is 10.0. The van der Waals surface area contributed by atoms with E-state index in [1.807, 2.05) is 45.9 Å². The van der Waals surface area contributed by atoms with E-state index in [1.54, 1.807) is 32.2 Å². The summed E-state index contributed by atoms with van der Waals surface area (Å²) in [4.78, 5) is 33.0. The lowest BCUT2D eigenvalue weighted by Crippen LogP contribution is -2.27. The largest absolute Gasteiger partial charge is 0.493 e. The Kier molecular flexibility index (Phi) is 10.3. The van der Waals surface area contributed by atoms with Crippen LogP contribution in [0.1, 0.15) is 63.6 Å². The first kappa shape index (κ1) is 30.0. The number of esters is 1. The molecular weight excluding hydrogens is 522 g/mol. The fourth-order valence-electron chi connectivity index (χ4n) is 3.70. The lowest BCUT2D eigenvalue weighted by Gasteiger charge is -2.20. The number of nitrogens with one attached hydrogen (secondary N) is 1. The number of nitrogens with zero attached hydrogens (tertiary/aromatic N) is 2. The molecule has 2 aromatic heterocycles. The average Bonchev–Trinajstić information content (AvgIpc) is 3.21. The van der Waals surface area contributed by atoms with Crippen LogP contribution < -0.4 is 10.1 Å². The molecule has 39 heavy (non-hydrogen) atoms. The van der Waals surface area contributed by atoms with Gasteiger partial charge in [0.05, 0.1) is 24.0 Å². The van der Waals surface area contributed by atoms with E-state index in [1.165, 1.54) is 0 Å². The highest BCUT2D eigenvalue weighted by Crippen LogP contribution is 2.24. The smallest absolute Gasteiger partial charge is 0.407 e. The van der Waals surface area contributed by atoms with E-state index in [-0.39, 0.29) is 25.0 Å². The number of ether oxygens (including phenoxy) is 3. The number of oxazole rings is 1. The molecule has 1 aromatic carbocycles. The molecule has 1 N–H and O–H groups in total. The molecule has 0 saturated carbocycles. The highest BCUT2D eigenvalue weighted by atomic mass is 35.5. The summed E-state index contributed by atoms with van der Waals surface area (Å²) in [6, 6.07) is 9.10. The van der Waals surface area contributed by atoms with Crippen molar-refractivity contribution in [3.05, 3.63) is 64.3 Å². The Labute approximate surface area is 234 Å². The van der Waals surface area contributed by atoms with Gasteiger partial charge in [-0.1, -0.05) is 17.7 Å². The zero-order valence-corrected chi connectivity index (χ0v) is 24.1. The third-order valence-corrected chi connectivity index (χ3v) is 5.66. The second kappa shape index (κ2) is 13.5. The maximum atomic E-state index is 12.2. The third-order valence-electron chi connectivity index (χ3n) is 5.44. The van der Waals surface area contributed by atoms with Crippen LogP contribution in [0.5, 0.6) is 5.75 Å². The average molecular weight is 558 g/mol. The number of hydrogen-bond acceptors (Lipinski definition) is 8. The molecule has 0 spiro atoms. The summed E-state index contributed by atoms with van der Waals surface area (Å²) in [7, 11) is 0. The van der Waals surface area contributed by atoms with Gasteiger partial charge in [-0.3, -0.25) is 4.79 Å². The van der Waals surface area contributed by atoms with E-state index in [0.717, 1.165) is 22.4 Å². The van der Waals surface area contributed by atoms with Gasteiger partial charge < -0.3 is 23.9 Å². The van der Waals surface area contributed by atoms with Crippen molar-refractivity contribution in [3.8, 4) is 17.2 Å². The second-order valence-electron chi connectivity index (χ2n) is 10.3. The highest BCUT2D eigenvalue weighted by molar-refractivity contribution is 6.29. The number of aromatic nitrogens is 2. The number of carbonyl (C=O) groups excluding carboxylic acids is 2. The summed E-state index contributed by atoms with van der Waals surface area (Å²) in [5.74, 6) is 1.53. The quantitative estimate of drug-likeness (QED) is 0.218. The van der Waals surface area contributed by atoms with Crippen molar-refractivity contribution in [2.24, 2.45) is 0 Å². The highest BCUT2D eigenvalue weighted by Gasteiger charge is 2.17. The minimum atomic E-state index is -0.547. The minimum Gasteiger partial charge on any atom is -0.493 e. The van der Waals surface area contributed by atoms with E-state index in [9.17, 15) is 9.59 Å². The predicted octanol–water partition coefficient (Wildman–Crippen LogP) is 6.23. The maximum Gasteiger partial charge on any atom is 0.407 e. The lowest BCUT2D eigenvalue weighted by molar-refractivity contribution is -0.154. The molecule has 2 heterocycles. The molecule has 1 amide bonds. The Morgan fingerprint density at radius 2 is 1.87 bits per heavy atom. The molecule has 210 valence electrons. The van der Waals surface area contributed by atoms with Gasteiger partial charge in [-0.2, -0.15) is 0 Å². The van der Waals surface area contributed by atoms with Gasteiger partial charge in [-0.25, -0.2) is 14.8 Å². The van der Waals surface area contributed by atoms with Crippen LogP contribution in [-0.4, -0.2) is 40.3 Å². The normalized spacial score (nSPS) is 11.4. The molecule has 3 aromatic rings. The van der Waals surface area contributed by atoms with Gasteiger partial charge in [-0.15, -0.1) is 0 Å². The predicted molar refractivity (Wildman–Crippen MR) is 148 cm³/mol. The standard InChI is InChI=1S/C29H36ClN3O6/c1-18(2)37-28(35)32-17-22-15-23(10-7-20(22)9-12-26(34)39-29(4,5)6)36-14-13-24-19(3)38-27(33-24)21-8-11-25(30)31-16-21/h7-8,10-11,15-16,18H,9,12-14,17H2,1-6H3,(H,32,35). The second-order valence-corrected chi connectivity index (χ2v) is 10.7. The fraction of sp³-hybridized carbons (Fsp3) is 0.448. The molecule has 10 heteroatoms. The summed E-state index contributed by atoms with van der Waals surface area (Å²) in [5, 5.41) is 3.17. The molecule has 0 radical (unpaired) electrons. The molecule has 0 bridgehead atoms. The topological polar surface area (TPSA) is 113 Å². The number of halogens is 1. The van der Waals surface area contributed by atoms with E-state index >= 15 is 0 Å². The van der Waals surface area contributed by atoms with Gasteiger partial charge in [-0.05, 0) is 83.4 Å². The van der Waals surface area contributed by atoms with Gasteiger partial charge in [0.15, 0.2) is 0 Å². The van der Waals surface area contributed by atoms with Crippen molar-refractivity contribution in [1.82, 2.24) is 15.3 Å². The van der Waals surface area contributed by atoms with Crippen LogP contribution in [0.2, 0.25) is 5.15 Å². The van der Waals surface area contributed by atoms with E-state index < -0.39 is 11.7 Å². The first-order chi connectivity index (χ1) is 18.4. The van der Waals surface area contributed by atoms with Crippen molar-refractivity contribution in [2.45, 2.75) is 79.1 Å². The number of rotatable bonds is 11. The summed E-state index contributed by atoms with van der Waals surface area (Å²) in [6.45, 7) is 11.5. The molecule has 0 aliphatic heterocycles. The van der Waals surface area contributed by atoms with Gasteiger partial charge in [0.2, 0.25) is 5.89 Å².